The molecule has 1 aromatic rings. The van der Waals surface area contributed by atoms with Gasteiger partial charge >= 0.3 is 0 Å². The predicted molar refractivity (Wildman–Crippen MR) is 139 cm³/mol. The van der Waals surface area contributed by atoms with Crippen LogP contribution < -0.4 is 10.6 Å². The molecule has 0 aliphatic carbocycles. The lowest BCUT2D eigenvalue weighted by molar-refractivity contribution is -0.119. The molecule has 1 aromatic carbocycles. The summed E-state index contributed by atoms with van der Waals surface area (Å²) in [6.45, 7) is 7.51. The molecule has 5 nitrogen and oxygen atoms in total. The third-order valence-corrected chi connectivity index (χ3v) is 5.88. The minimum atomic E-state index is -0.0613. The van der Waals surface area contributed by atoms with Crippen LogP contribution in [-0.4, -0.2) is 34.9 Å². The van der Waals surface area contributed by atoms with Crippen molar-refractivity contribution in [1.82, 2.24) is 10.2 Å². The predicted octanol–water partition coefficient (Wildman–Crippen LogP) is 6.68. The first-order valence-corrected chi connectivity index (χ1v) is 12.9. The molecule has 0 unspecified atom stereocenters. The number of nitrogens with zero attached hydrogens (tertiary/aromatic N) is 1. The Kier molecular flexibility index (Phi) is 15.4. The van der Waals surface area contributed by atoms with Crippen molar-refractivity contribution in [2.75, 3.05) is 18.4 Å². The Morgan fingerprint density at radius 3 is 1.97 bits per heavy atom. The fraction of sp³-hybridized carbons (Fsp3) is 0.654. The molecule has 32 heavy (non-hydrogen) atoms. The topological polar surface area (TPSA) is 61.4 Å². The van der Waals surface area contributed by atoms with Crippen molar-refractivity contribution in [2.45, 2.75) is 97.8 Å². The number of amides is 2. The number of thiocarbonyl (C=S) groups is 1. The number of carbonyl (C=O) groups is 2. The Morgan fingerprint density at radius 1 is 0.844 bits per heavy atom. The highest BCUT2D eigenvalue weighted by Crippen LogP contribution is 2.14. The SMILES string of the molecule is CCCCCCCCCCCCCC(=O)NC(=S)Nc1cccc(C(=O)N(CC)CC)c1. The summed E-state index contributed by atoms with van der Waals surface area (Å²) in [5, 5.41) is 6.03. The Bertz CT molecular complexity index is 689. The number of hydrogen-bond donors (Lipinski definition) is 2. The molecule has 0 aromatic heterocycles. The Balaban J connectivity index is 2.21. The molecular formula is C26H43N3O2S. The molecule has 0 aliphatic rings. The first kappa shape index (κ1) is 28.1. The van der Waals surface area contributed by atoms with Gasteiger partial charge in [-0.3, -0.25) is 9.59 Å². The molecule has 180 valence electrons. The third kappa shape index (κ3) is 12.2. The molecule has 0 heterocycles. The minimum absolute atomic E-state index is 0.00917. The molecule has 6 heteroatoms. The van der Waals surface area contributed by atoms with Gasteiger partial charge < -0.3 is 15.5 Å². The van der Waals surface area contributed by atoms with E-state index >= 15 is 0 Å². The van der Waals surface area contributed by atoms with Crippen molar-refractivity contribution in [3.05, 3.63) is 29.8 Å². The van der Waals surface area contributed by atoms with Crippen molar-refractivity contribution in [1.29, 1.82) is 0 Å². The highest BCUT2D eigenvalue weighted by molar-refractivity contribution is 7.80. The van der Waals surface area contributed by atoms with Gasteiger partial charge in [0.25, 0.3) is 5.91 Å². The number of carbonyl (C=O) groups excluding carboxylic acids is 2. The summed E-state index contributed by atoms with van der Waals surface area (Å²) < 4.78 is 0. The summed E-state index contributed by atoms with van der Waals surface area (Å²) in [6, 6.07) is 7.21. The van der Waals surface area contributed by atoms with Crippen molar-refractivity contribution in [2.24, 2.45) is 0 Å². The smallest absolute Gasteiger partial charge is 0.253 e. The van der Waals surface area contributed by atoms with Gasteiger partial charge in [-0.25, -0.2) is 0 Å². The molecule has 2 amide bonds. The highest BCUT2D eigenvalue weighted by Gasteiger charge is 2.13. The first-order valence-electron chi connectivity index (χ1n) is 12.5. The largest absolute Gasteiger partial charge is 0.339 e. The van der Waals surface area contributed by atoms with E-state index in [2.05, 4.69) is 17.6 Å². The van der Waals surface area contributed by atoms with Crippen molar-refractivity contribution in [3.8, 4) is 0 Å². The lowest BCUT2D eigenvalue weighted by atomic mass is 10.1. The maximum Gasteiger partial charge on any atom is 0.253 e. The fourth-order valence-corrected chi connectivity index (χ4v) is 3.96. The van der Waals surface area contributed by atoms with Crippen LogP contribution in [0.3, 0.4) is 0 Å². The molecule has 2 N–H and O–H groups in total. The van der Waals surface area contributed by atoms with E-state index in [0.29, 0.717) is 30.8 Å². The molecule has 0 atom stereocenters. The van der Waals surface area contributed by atoms with Gasteiger partial charge in [0.2, 0.25) is 5.91 Å². The lowest BCUT2D eigenvalue weighted by Gasteiger charge is -2.19. The van der Waals surface area contributed by atoms with E-state index in [0.717, 1.165) is 12.8 Å². The van der Waals surface area contributed by atoms with E-state index in [1.807, 2.05) is 26.0 Å². The molecule has 0 saturated heterocycles. The van der Waals surface area contributed by atoms with Gasteiger partial charge in [-0.1, -0.05) is 77.2 Å². The van der Waals surface area contributed by atoms with Crippen LogP contribution in [0.15, 0.2) is 24.3 Å². The van der Waals surface area contributed by atoms with Gasteiger partial charge in [0, 0.05) is 30.8 Å². The van der Waals surface area contributed by atoms with Crippen LogP contribution in [0.4, 0.5) is 5.69 Å². The average Bonchev–Trinajstić information content (AvgIpc) is 2.78. The minimum Gasteiger partial charge on any atom is -0.339 e. The molecular weight excluding hydrogens is 418 g/mol. The van der Waals surface area contributed by atoms with Crippen LogP contribution in [-0.2, 0) is 4.79 Å². The maximum absolute atomic E-state index is 12.5. The highest BCUT2D eigenvalue weighted by atomic mass is 32.1. The molecule has 0 saturated carbocycles. The molecule has 0 radical (unpaired) electrons. The molecule has 0 bridgehead atoms. The van der Waals surface area contributed by atoms with E-state index in [9.17, 15) is 9.59 Å². The summed E-state index contributed by atoms with van der Waals surface area (Å²) in [7, 11) is 0. The second-order valence-electron chi connectivity index (χ2n) is 8.35. The number of benzene rings is 1. The van der Waals surface area contributed by atoms with E-state index in [1.165, 1.54) is 57.8 Å². The van der Waals surface area contributed by atoms with Crippen molar-refractivity contribution >= 4 is 34.8 Å². The zero-order chi connectivity index (χ0) is 23.6. The number of rotatable bonds is 16. The van der Waals surface area contributed by atoms with Gasteiger partial charge in [-0.2, -0.15) is 0 Å². The van der Waals surface area contributed by atoms with Gasteiger partial charge in [-0.15, -0.1) is 0 Å². The first-order chi connectivity index (χ1) is 15.5. The summed E-state index contributed by atoms with van der Waals surface area (Å²) in [5.74, 6) is -0.0705. The summed E-state index contributed by atoms with van der Waals surface area (Å²) in [5.41, 5.74) is 1.30. The third-order valence-electron chi connectivity index (χ3n) is 5.68. The van der Waals surface area contributed by atoms with Crippen LogP contribution in [0.5, 0.6) is 0 Å². The van der Waals surface area contributed by atoms with Crippen LogP contribution in [0.25, 0.3) is 0 Å². The molecule has 0 fully saturated rings. The Hall–Kier alpha value is -1.95. The molecule has 0 aliphatic heterocycles. The van der Waals surface area contributed by atoms with Crippen LogP contribution in [0.2, 0.25) is 0 Å². The molecule has 1 rings (SSSR count). The standard InChI is InChI=1S/C26H43N3O2S/c1-4-7-8-9-10-11-12-13-14-15-16-20-24(30)28-26(32)27-23-19-17-18-22(21-23)25(31)29(5-2)6-3/h17-19,21H,4-16,20H2,1-3H3,(H2,27,28,30,32). The van der Waals surface area contributed by atoms with Gasteiger partial charge in [-0.05, 0) is 50.7 Å². The quantitative estimate of drug-likeness (QED) is 0.213. The summed E-state index contributed by atoms with van der Waals surface area (Å²) in [4.78, 5) is 26.4. The van der Waals surface area contributed by atoms with Crippen LogP contribution >= 0.6 is 12.2 Å². The van der Waals surface area contributed by atoms with Gasteiger partial charge in [0.05, 0.1) is 0 Å². The second-order valence-corrected chi connectivity index (χ2v) is 8.75. The lowest BCUT2D eigenvalue weighted by Crippen LogP contribution is -2.34. The normalized spacial score (nSPS) is 10.6. The average molecular weight is 462 g/mol. The molecule has 0 spiro atoms. The number of unbranched alkanes of at least 4 members (excludes halogenated alkanes) is 10. The zero-order valence-electron chi connectivity index (χ0n) is 20.4. The van der Waals surface area contributed by atoms with Crippen LogP contribution in [0.1, 0.15) is 108 Å². The van der Waals surface area contributed by atoms with E-state index in [4.69, 9.17) is 12.2 Å². The summed E-state index contributed by atoms with van der Waals surface area (Å²) in [6.07, 6.45) is 14.3. The zero-order valence-corrected chi connectivity index (χ0v) is 21.2. The Labute approximate surface area is 200 Å². The monoisotopic (exact) mass is 461 g/mol. The number of hydrogen-bond acceptors (Lipinski definition) is 3. The van der Waals surface area contributed by atoms with Gasteiger partial charge in [0.15, 0.2) is 5.11 Å². The van der Waals surface area contributed by atoms with E-state index in [-0.39, 0.29) is 16.9 Å². The van der Waals surface area contributed by atoms with Gasteiger partial charge in [0.1, 0.15) is 0 Å². The second kappa shape index (κ2) is 17.6. The maximum atomic E-state index is 12.5. The van der Waals surface area contributed by atoms with Crippen molar-refractivity contribution < 1.29 is 9.59 Å². The van der Waals surface area contributed by atoms with E-state index < -0.39 is 0 Å². The summed E-state index contributed by atoms with van der Waals surface area (Å²) >= 11 is 5.27. The number of nitrogens with one attached hydrogen (secondary N) is 2. The van der Waals surface area contributed by atoms with E-state index in [1.54, 1.807) is 17.0 Å². The van der Waals surface area contributed by atoms with Crippen LogP contribution in [0, 0.1) is 0 Å². The fourth-order valence-electron chi connectivity index (χ4n) is 3.72. The number of anilines is 1. The Morgan fingerprint density at radius 2 is 1.41 bits per heavy atom. The van der Waals surface area contributed by atoms with Crippen molar-refractivity contribution in [3.63, 3.8) is 0 Å².